The fourth-order valence-corrected chi connectivity index (χ4v) is 10.5. The van der Waals surface area contributed by atoms with Gasteiger partial charge in [0.25, 0.3) is 0 Å². The largest absolute Gasteiger partial charge is 0.310 e. The summed E-state index contributed by atoms with van der Waals surface area (Å²) >= 11 is 0. The van der Waals surface area contributed by atoms with Gasteiger partial charge in [-0.3, -0.25) is 0 Å². The summed E-state index contributed by atoms with van der Waals surface area (Å²) in [5, 5.41) is 2.01. The highest BCUT2D eigenvalue weighted by molar-refractivity contribution is 5.97. The molecule has 0 N–H and O–H groups in total. The molecule has 2 aliphatic rings. The van der Waals surface area contributed by atoms with E-state index in [1.165, 1.54) is 44.5 Å². The normalized spacial score (nSPS) is 14.8. The van der Waals surface area contributed by atoms with Gasteiger partial charge in [-0.1, -0.05) is 212 Å². The SMILES string of the molecule is [2H]c1c([2H])c([2H])c(-c2ccc(N(c3ccc(-c4c([2H])c([2H])c([2H])c([2H])c4[2H])cc3)c3ccc4cc(-c5ccc(-c6ccc7c(c6)C6(c8ccccc8-c8ccccc86)c6ccccc6-7)cc5)ccc4c3)cc2)c([2H])c1[2H]. The summed E-state index contributed by atoms with van der Waals surface area (Å²) in [4.78, 5) is 2.02. The van der Waals surface area contributed by atoms with E-state index in [4.69, 9.17) is 13.7 Å². The summed E-state index contributed by atoms with van der Waals surface area (Å²) in [5.41, 5.74) is 17.7. The third kappa shape index (κ3) is 6.01. The Morgan fingerprint density at radius 2 is 0.636 bits per heavy atom. The third-order valence-electron chi connectivity index (χ3n) is 13.5. The van der Waals surface area contributed by atoms with Gasteiger partial charge < -0.3 is 4.90 Å². The zero-order chi connectivity index (χ0) is 52.3. The summed E-state index contributed by atoms with van der Waals surface area (Å²) < 4.78 is 83.6. The Morgan fingerprint density at radius 1 is 0.273 bits per heavy atom. The van der Waals surface area contributed by atoms with Crippen molar-refractivity contribution in [3.05, 3.63) is 283 Å². The van der Waals surface area contributed by atoms with Gasteiger partial charge in [0, 0.05) is 17.1 Å². The van der Waals surface area contributed by atoms with E-state index in [2.05, 4.69) is 146 Å². The van der Waals surface area contributed by atoms with E-state index in [-0.39, 0.29) is 35.3 Å². The maximum absolute atomic E-state index is 8.59. The first-order valence-electron chi connectivity index (χ1n) is 27.1. The molecule has 0 unspecified atom stereocenters. The van der Waals surface area contributed by atoms with Gasteiger partial charge in [0.05, 0.1) is 19.1 Å². The fraction of sp³-hybridized carbons (Fsp3) is 0.0154. The molecule has 1 heteroatoms. The maximum atomic E-state index is 8.59. The molecule has 13 rings (SSSR count). The van der Waals surface area contributed by atoms with Crippen LogP contribution in [0.3, 0.4) is 0 Å². The predicted octanol–water partition coefficient (Wildman–Crippen LogP) is 17.3. The van der Waals surface area contributed by atoms with Gasteiger partial charge in [-0.05, 0) is 148 Å². The average molecular weight is 848 g/mol. The van der Waals surface area contributed by atoms with Crippen LogP contribution in [0.4, 0.5) is 17.1 Å². The van der Waals surface area contributed by atoms with Crippen molar-refractivity contribution in [2.75, 3.05) is 4.90 Å². The highest BCUT2D eigenvalue weighted by Gasteiger charge is 2.51. The molecule has 0 saturated carbocycles. The zero-order valence-corrected chi connectivity index (χ0v) is 35.5. The second-order valence-corrected chi connectivity index (χ2v) is 16.9. The van der Waals surface area contributed by atoms with Crippen molar-refractivity contribution in [2.45, 2.75) is 5.41 Å². The van der Waals surface area contributed by atoms with Gasteiger partial charge in [-0.15, -0.1) is 0 Å². The van der Waals surface area contributed by atoms with Gasteiger partial charge in [0.1, 0.15) is 0 Å². The topological polar surface area (TPSA) is 3.24 Å². The molecule has 0 amide bonds. The number of rotatable bonds is 7. The lowest BCUT2D eigenvalue weighted by Gasteiger charge is -2.30. The lowest BCUT2D eigenvalue weighted by Crippen LogP contribution is -2.25. The Hall–Kier alpha value is -8.52. The number of hydrogen-bond donors (Lipinski definition) is 0. The molecule has 308 valence electrons. The van der Waals surface area contributed by atoms with Crippen LogP contribution in [0.25, 0.3) is 77.5 Å². The van der Waals surface area contributed by atoms with Gasteiger partial charge >= 0.3 is 0 Å². The van der Waals surface area contributed by atoms with Gasteiger partial charge in [-0.25, -0.2) is 0 Å². The molecule has 0 bridgehead atoms. The minimum absolute atomic E-state index is 0.105. The van der Waals surface area contributed by atoms with Crippen molar-refractivity contribution in [3.8, 4) is 66.8 Å². The molecule has 1 spiro atoms. The molecule has 0 fully saturated rings. The number of nitrogens with zero attached hydrogens (tertiary/aromatic N) is 1. The minimum Gasteiger partial charge on any atom is -0.310 e. The van der Waals surface area contributed by atoms with E-state index in [0.29, 0.717) is 22.5 Å². The lowest BCUT2D eigenvalue weighted by molar-refractivity contribution is 0.794. The second kappa shape index (κ2) is 15.3. The lowest BCUT2D eigenvalue weighted by atomic mass is 9.70. The molecule has 0 aliphatic heterocycles. The van der Waals surface area contributed by atoms with Gasteiger partial charge in [0.2, 0.25) is 0 Å². The maximum Gasteiger partial charge on any atom is 0.0725 e. The monoisotopic (exact) mass is 847 g/mol. The number of hydrogen-bond acceptors (Lipinski definition) is 1. The van der Waals surface area contributed by atoms with Crippen LogP contribution < -0.4 is 4.90 Å². The van der Waals surface area contributed by atoms with Crippen LogP contribution in [0, 0.1) is 0 Å². The van der Waals surface area contributed by atoms with Gasteiger partial charge in [-0.2, -0.15) is 0 Å². The molecule has 0 atom stereocenters. The first-order valence-corrected chi connectivity index (χ1v) is 22.1. The standard InChI is InChI=1S/C65H43N/c1-3-13-44(14-4-1)46-29-35-54(36-30-46)66(55-37-31-47(32-38-55)45-15-5-2-6-16-45)56-39-33-51-41-50(27-28-52(51)42-56)48-23-25-49(26-24-48)53-34-40-60-59-19-9-12-22-63(59)65(64(60)43-53)61-20-10-7-17-57(61)58-18-8-11-21-62(58)65/h1-43H/i1D,2D,3D,4D,5D,6D,13D,14D,15D,16D. The highest BCUT2D eigenvalue weighted by Crippen LogP contribution is 2.63. The molecular formula is C65H43N. The molecule has 0 radical (unpaired) electrons. The first kappa shape index (κ1) is 29.0. The van der Waals surface area contributed by atoms with Crippen LogP contribution in [0.15, 0.2) is 261 Å². The minimum atomic E-state index is -0.455. The predicted molar refractivity (Wildman–Crippen MR) is 277 cm³/mol. The zero-order valence-electron chi connectivity index (χ0n) is 45.5. The molecule has 0 aromatic heterocycles. The van der Waals surface area contributed by atoms with Crippen molar-refractivity contribution >= 4 is 27.8 Å². The molecule has 11 aromatic rings. The molecular weight excluding hydrogens is 795 g/mol. The average Bonchev–Trinajstić information content (AvgIpc) is 4.15. The van der Waals surface area contributed by atoms with E-state index < -0.39 is 41.7 Å². The Labute approximate surface area is 400 Å². The van der Waals surface area contributed by atoms with E-state index >= 15 is 0 Å². The Morgan fingerprint density at radius 3 is 1.15 bits per heavy atom. The van der Waals surface area contributed by atoms with Crippen LogP contribution >= 0.6 is 0 Å². The van der Waals surface area contributed by atoms with Crippen LogP contribution in [-0.4, -0.2) is 0 Å². The fourth-order valence-electron chi connectivity index (χ4n) is 10.5. The third-order valence-corrected chi connectivity index (χ3v) is 13.5. The van der Waals surface area contributed by atoms with Crippen LogP contribution in [-0.2, 0) is 5.41 Å². The molecule has 1 nitrogen and oxygen atoms in total. The van der Waals surface area contributed by atoms with Crippen LogP contribution in [0.2, 0.25) is 0 Å². The summed E-state index contributed by atoms with van der Waals surface area (Å²) in [6.45, 7) is 0. The first-order chi connectivity index (χ1) is 36.8. The van der Waals surface area contributed by atoms with Gasteiger partial charge in [0.15, 0.2) is 0 Å². The summed E-state index contributed by atoms with van der Waals surface area (Å²) in [5.74, 6) is 0. The summed E-state index contributed by atoms with van der Waals surface area (Å²) in [6.07, 6.45) is 0. The Balaban J connectivity index is 0.848. The number of fused-ring (bicyclic) bond motifs is 11. The van der Waals surface area contributed by atoms with E-state index in [9.17, 15) is 0 Å². The smallest absolute Gasteiger partial charge is 0.0725 e. The Kier molecular flexibility index (Phi) is 6.74. The van der Waals surface area contributed by atoms with E-state index in [1.807, 2.05) is 35.2 Å². The van der Waals surface area contributed by atoms with Crippen LogP contribution in [0.1, 0.15) is 36.0 Å². The molecule has 11 aromatic carbocycles. The second-order valence-electron chi connectivity index (χ2n) is 16.9. The highest BCUT2D eigenvalue weighted by atomic mass is 15.1. The number of anilines is 3. The summed E-state index contributed by atoms with van der Waals surface area (Å²) in [7, 11) is 0. The van der Waals surface area contributed by atoms with Crippen molar-refractivity contribution in [3.63, 3.8) is 0 Å². The molecule has 2 aliphatic carbocycles. The van der Waals surface area contributed by atoms with E-state index in [1.54, 1.807) is 24.3 Å². The van der Waals surface area contributed by atoms with Crippen molar-refractivity contribution < 1.29 is 13.7 Å². The summed E-state index contributed by atoms with van der Waals surface area (Å²) in [6, 6.07) is 65.6. The van der Waals surface area contributed by atoms with Crippen molar-refractivity contribution in [1.29, 1.82) is 0 Å². The number of benzene rings is 11. The molecule has 0 saturated heterocycles. The quantitative estimate of drug-likeness (QED) is 0.154. The van der Waals surface area contributed by atoms with Crippen molar-refractivity contribution in [1.82, 2.24) is 0 Å². The van der Waals surface area contributed by atoms with Crippen LogP contribution in [0.5, 0.6) is 0 Å². The molecule has 0 heterocycles. The van der Waals surface area contributed by atoms with Crippen molar-refractivity contribution in [2.24, 2.45) is 0 Å². The Bertz CT molecular complexity index is 3990. The van der Waals surface area contributed by atoms with E-state index in [0.717, 1.165) is 38.7 Å². The molecule has 66 heavy (non-hydrogen) atoms.